The lowest BCUT2D eigenvalue weighted by Crippen LogP contribution is -2.38. The van der Waals surface area contributed by atoms with Crippen LogP contribution in [0.4, 0.5) is 0 Å². The molecule has 0 aromatic heterocycles. The topological polar surface area (TPSA) is 106 Å². The lowest BCUT2D eigenvalue weighted by molar-refractivity contribution is -0.151. The first kappa shape index (κ1) is 29.8. The van der Waals surface area contributed by atoms with Gasteiger partial charge in [0.25, 0.3) is 5.91 Å². The fourth-order valence-corrected chi connectivity index (χ4v) is 6.82. The Hall–Kier alpha value is -3.70. The number of aliphatic hydroxyl groups excluding tert-OH is 1. The van der Waals surface area contributed by atoms with Gasteiger partial charge >= 0.3 is 0 Å². The molecule has 222 valence electrons. The first-order valence-corrected chi connectivity index (χ1v) is 15.3. The molecule has 42 heavy (non-hydrogen) atoms. The van der Waals surface area contributed by atoms with Gasteiger partial charge in [-0.1, -0.05) is 42.5 Å². The lowest BCUT2D eigenvalue weighted by atomic mass is 9.90. The summed E-state index contributed by atoms with van der Waals surface area (Å²) in [6, 6.07) is 20.9. The number of hydrogen-bond donors (Lipinski definition) is 1. The van der Waals surface area contributed by atoms with E-state index in [1.165, 1.54) is 50.7 Å². The Balaban J connectivity index is 1.31. The van der Waals surface area contributed by atoms with Crippen molar-refractivity contribution in [3.05, 3.63) is 95.3 Å². The smallest absolute Gasteiger partial charge is 0.288 e. The number of sulfonamides is 1. The lowest BCUT2D eigenvalue weighted by Gasteiger charge is -2.31. The molecule has 2 atom stereocenters. The molecule has 0 saturated heterocycles. The van der Waals surface area contributed by atoms with E-state index in [1.54, 1.807) is 26.2 Å². The molecule has 0 spiro atoms. The van der Waals surface area contributed by atoms with Crippen molar-refractivity contribution in [2.45, 2.75) is 29.9 Å². The summed E-state index contributed by atoms with van der Waals surface area (Å²) in [5, 5.41) is 9.57. The quantitative estimate of drug-likeness (QED) is 0.283. The van der Waals surface area contributed by atoms with E-state index in [4.69, 9.17) is 14.2 Å². The molecular formula is C32H36N2O7S. The van der Waals surface area contributed by atoms with Gasteiger partial charge in [-0.05, 0) is 64.6 Å². The van der Waals surface area contributed by atoms with Crippen LogP contribution in [0.1, 0.15) is 29.0 Å². The minimum atomic E-state index is -3.88. The Kier molecular flexibility index (Phi) is 8.98. The summed E-state index contributed by atoms with van der Waals surface area (Å²) < 4.78 is 44.8. The molecule has 10 heteroatoms. The summed E-state index contributed by atoms with van der Waals surface area (Å²) in [6.07, 6.45) is 2.40. The van der Waals surface area contributed by atoms with Crippen LogP contribution in [0.25, 0.3) is 11.1 Å². The van der Waals surface area contributed by atoms with E-state index in [1.807, 2.05) is 12.1 Å². The van der Waals surface area contributed by atoms with Crippen molar-refractivity contribution in [3.8, 4) is 16.9 Å². The standard InChI is InChI=1S/C32H36N2O7S/c1-33(2)32(36)30-20-24(22-8-13-29-25(18-22)19-23-6-4-5-7-28(23)29)21-31(41-30)40-17-15-34(14-16-35)42(37,38)27-11-9-26(39-3)10-12-27/h4-13,18,20,24,31,35H,14-17,19,21H2,1-3H3/t24-,31+/m1/s1. The van der Waals surface area contributed by atoms with Crippen molar-refractivity contribution in [2.24, 2.45) is 0 Å². The molecule has 3 aromatic rings. The number of ether oxygens (including phenoxy) is 3. The molecule has 1 N–H and O–H groups in total. The normalized spacial score (nSPS) is 17.7. The van der Waals surface area contributed by atoms with Crippen LogP contribution in [0.3, 0.4) is 0 Å². The minimum Gasteiger partial charge on any atom is -0.497 e. The summed E-state index contributed by atoms with van der Waals surface area (Å²) in [6.45, 7) is -0.426. The van der Waals surface area contributed by atoms with Crippen molar-refractivity contribution < 1.29 is 32.5 Å². The van der Waals surface area contributed by atoms with Crippen LogP contribution in [-0.2, 0) is 30.7 Å². The highest BCUT2D eigenvalue weighted by atomic mass is 32.2. The molecule has 3 aromatic carbocycles. The minimum absolute atomic E-state index is 0.00275. The number of benzene rings is 3. The van der Waals surface area contributed by atoms with Gasteiger partial charge in [-0.15, -0.1) is 0 Å². The Morgan fingerprint density at radius 3 is 2.45 bits per heavy atom. The molecule has 0 bridgehead atoms. The zero-order valence-corrected chi connectivity index (χ0v) is 24.8. The molecule has 1 aliphatic heterocycles. The number of aliphatic hydroxyl groups is 1. The molecule has 1 aliphatic carbocycles. The molecule has 0 radical (unpaired) electrons. The second-order valence-electron chi connectivity index (χ2n) is 10.5. The summed E-state index contributed by atoms with van der Waals surface area (Å²) in [4.78, 5) is 14.5. The molecule has 5 rings (SSSR count). The monoisotopic (exact) mass is 592 g/mol. The third-order valence-electron chi connectivity index (χ3n) is 7.61. The number of amides is 1. The number of rotatable bonds is 11. The maximum absolute atomic E-state index is 13.3. The Morgan fingerprint density at radius 1 is 1.00 bits per heavy atom. The first-order chi connectivity index (χ1) is 20.2. The van der Waals surface area contributed by atoms with Gasteiger partial charge in [0.05, 0.1) is 25.2 Å². The molecule has 0 saturated carbocycles. The Bertz CT molecular complexity index is 1570. The van der Waals surface area contributed by atoms with Crippen LogP contribution < -0.4 is 4.74 Å². The number of fused-ring (bicyclic) bond motifs is 3. The molecular weight excluding hydrogens is 556 g/mol. The summed E-state index contributed by atoms with van der Waals surface area (Å²) in [5.41, 5.74) is 6.09. The van der Waals surface area contributed by atoms with Gasteiger partial charge in [0, 0.05) is 39.5 Å². The predicted octanol–water partition coefficient (Wildman–Crippen LogP) is 3.77. The van der Waals surface area contributed by atoms with Crippen LogP contribution in [0.2, 0.25) is 0 Å². The maximum Gasteiger partial charge on any atom is 0.288 e. The molecule has 0 fully saturated rings. The summed E-state index contributed by atoms with van der Waals surface area (Å²) in [5.74, 6) is 0.334. The van der Waals surface area contributed by atoms with Gasteiger partial charge in [-0.25, -0.2) is 8.42 Å². The largest absolute Gasteiger partial charge is 0.497 e. The highest BCUT2D eigenvalue weighted by molar-refractivity contribution is 7.89. The molecule has 0 unspecified atom stereocenters. The van der Waals surface area contributed by atoms with Crippen LogP contribution >= 0.6 is 0 Å². The number of likely N-dealkylation sites (N-methyl/N-ethyl adjacent to an activating group) is 1. The van der Waals surface area contributed by atoms with E-state index in [0.717, 1.165) is 12.0 Å². The zero-order valence-electron chi connectivity index (χ0n) is 24.0. The molecule has 2 aliphatic rings. The fourth-order valence-electron chi connectivity index (χ4n) is 5.41. The van der Waals surface area contributed by atoms with Gasteiger partial charge in [0.15, 0.2) is 5.76 Å². The Morgan fingerprint density at radius 2 is 1.74 bits per heavy atom. The second kappa shape index (κ2) is 12.7. The number of carbonyl (C=O) groups is 1. The number of nitrogens with zero attached hydrogens (tertiary/aromatic N) is 2. The van der Waals surface area contributed by atoms with Gasteiger partial charge in [-0.2, -0.15) is 4.31 Å². The fraction of sp³-hybridized carbons (Fsp3) is 0.344. The van der Waals surface area contributed by atoms with E-state index in [9.17, 15) is 18.3 Å². The van der Waals surface area contributed by atoms with Crippen LogP contribution in [0.5, 0.6) is 5.75 Å². The van der Waals surface area contributed by atoms with E-state index >= 15 is 0 Å². The van der Waals surface area contributed by atoms with Crippen molar-refractivity contribution in [1.82, 2.24) is 9.21 Å². The van der Waals surface area contributed by atoms with Gasteiger partial charge in [0.1, 0.15) is 5.75 Å². The average Bonchev–Trinajstić information content (AvgIpc) is 3.38. The Labute approximate surface area is 247 Å². The summed E-state index contributed by atoms with van der Waals surface area (Å²) in [7, 11) is 0.947. The SMILES string of the molecule is COc1ccc(S(=O)(=O)N(CCO)CCO[C@@H]2C[C@H](c3ccc4c(c3)Cc3ccccc3-4)C=C(C(=O)N(C)C)O2)cc1. The summed E-state index contributed by atoms with van der Waals surface area (Å²) >= 11 is 0. The highest BCUT2D eigenvalue weighted by Gasteiger charge is 2.31. The van der Waals surface area contributed by atoms with Crippen molar-refractivity contribution in [1.29, 1.82) is 0 Å². The van der Waals surface area contributed by atoms with Crippen molar-refractivity contribution >= 4 is 15.9 Å². The third-order valence-corrected chi connectivity index (χ3v) is 9.52. The predicted molar refractivity (Wildman–Crippen MR) is 158 cm³/mol. The number of methoxy groups -OCH3 is 1. The zero-order chi connectivity index (χ0) is 29.9. The van der Waals surface area contributed by atoms with Crippen LogP contribution in [0, 0.1) is 0 Å². The van der Waals surface area contributed by atoms with E-state index < -0.39 is 16.3 Å². The van der Waals surface area contributed by atoms with E-state index in [-0.39, 0.29) is 48.8 Å². The molecule has 9 nitrogen and oxygen atoms in total. The van der Waals surface area contributed by atoms with E-state index in [0.29, 0.717) is 12.2 Å². The second-order valence-corrected chi connectivity index (χ2v) is 12.5. The maximum atomic E-state index is 13.3. The number of allylic oxidation sites excluding steroid dienone is 1. The first-order valence-electron chi connectivity index (χ1n) is 13.9. The van der Waals surface area contributed by atoms with Crippen LogP contribution in [0.15, 0.2) is 83.5 Å². The van der Waals surface area contributed by atoms with Gasteiger partial charge in [-0.3, -0.25) is 4.79 Å². The van der Waals surface area contributed by atoms with Crippen LogP contribution in [-0.4, -0.2) is 82.4 Å². The third kappa shape index (κ3) is 6.22. The highest BCUT2D eigenvalue weighted by Crippen LogP contribution is 2.40. The van der Waals surface area contributed by atoms with E-state index in [2.05, 4.69) is 36.4 Å². The van der Waals surface area contributed by atoms with Crippen molar-refractivity contribution in [2.75, 3.05) is 47.5 Å². The van der Waals surface area contributed by atoms with Crippen molar-refractivity contribution in [3.63, 3.8) is 0 Å². The van der Waals surface area contributed by atoms with Gasteiger partial charge < -0.3 is 24.2 Å². The molecule has 1 heterocycles. The van der Waals surface area contributed by atoms with Gasteiger partial charge in [0.2, 0.25) is 16.3 Å². The number of carbonyl (C=O) groups excluding carboxylic acids is 1. The number of hydrogen-bond acceptors (Lipinski definition) is 7. The molecule has 1 amide bonds. The average molecular weight is 593 g/mol.